The molecule has 0 amide bonds. The van der Waals surface area contributed by atoms with Crippen LogP contribution >= 0.6 is 34.8 Å². The third kappa shape index (κ3) is 3.26. The molecular weight excluding hydrogens is 322 g/mol. The Labute approximate surface area is 131 Å². The van der Waals surface area contributed by atoms with Gasteiger partial charge in [-0.2, -0.15) is 0 Å². The van der Waals surface area contributed by atoms with Crippen LogP contribution < -0.4 is 0 Å². The summed E-state index contributed by atoms with van der Waals surface area (Å²) in [5, 5.41) is 11.3. The average Bonchev–Trinajstić information content (AvgIpc) is 2.36. The fraction of sp³-hybridized carbons (Fsp3) is 0.200. The number of hydrogen-bond donors (Lipinski definition) is 1. The van der Waals surface area contributed by atoms with Crippen molar-refractivity contribution in [3.05, 3.63) is 68.4 Å². The van der Waals surface area contributed by atoms with Crippen molar-refractivity contribution < 1.29 is 9.50 Å². The van der Waals surface area contributed by atoms with E-state index in [0.717, 1.165) is 11.6 Å². The van der Waals surface area contributed by atoms with Crippen LogP contribution in [0.25, 0.3) is 0 Å². The lowest BCUT2D eigenvalue weighted by Crippen LogP contribution is -2.25. The summed E-state index contributed by atoms with van der Waals surface area (Å²) >= 11 is 17.8. The van der Waals surface area contributed by atoms with E-state index >= 15 is 0 Å². The molecule has 0 aliphatic rings. The number of benzene rings is 2. The normalized spacial score (nSPS) is 14.1. The molecule has 0 aliphatic heterocycles. The highest BCUT2D eigenvalue weighted by Gasteiger charge is 2.28. The minimum Gasteiger partial charge on any atom is -0.385 e. The zero-order chi connectivity index (χ0) is 14.9. The molecule has 2 rings (SSSR count). The number of rotatable bonds is 3. The Balaban J connectivity index is 2.40. The lowest BCUT2D eigenvalue weighted by molar-refractivity contribution is 0.0574. The van der Waals surface area contributed by atoms with Gasteiger partial charge in [0, 0.05) is 22.0 Å². The Hall–Kier alpha value is -0.800. The molecule has 0 radical (unpaired) electrons. The van der Waals surface area contributed by atoms with Gasteiger partial charge in [0.2, 0.25) is 0 Å². The maximum atomic E-state index is 13.6. The van der Waals surface area contributed by atoms with Crippen molar-refractivity contribution in [2.45, 2.75) is 18.9 Å². The standard InChI is InChI=1S/C15H12Cl3FO/c1-15(20,8-9-4-2-3-5-11(9)16)10-6-14(19)13(18)7-12(10)17/h2-7,20H,8H2,1H3. The van der Waals surface area contributed by atoms with Crippen LogP contribution in [0.3, 0.4) is 0 Å². The smallest absolute Gasteiger partial charge is 0.142 e. The molecule has 2 aromatic carbocycles. The molecule has 0 saturated heterocycles. The van der Waals surface area contributed by atoms with Crippen molar-refractivity contribution in [3.63, 3.8) is 0 Å². The second-order valence-corrected chi connectivity index (χ2v) is 6.01. The summed E-state index contributed by atoms with van der Waals surface area (Å²) in [6, 6.07) is 9.60. The fourth-order valence-corrected chi connectivity index (χ4v) is 2.83. The van der Waals surface area contributed by atoms with Gasteiger partial charge in [0.15, 0.2) is 0 Å². The molecule has 0 saturated carbocycles. The Bertz CT molecular complexity index is 641. The molecule has 0 aliphatic carbocycles. The summed E-state index contributed by atoms with van der Waals surface area (Å²) in [5.41, 5.74) is -0.320. The van der Waals surface area contributed by atoms with E-state index < -0.39 is 11.4 Å². The van der Waals surface area contributed by atoms with Crippen molar-refractivity contribution in [1.82, 2.24) is 0 Å². The van der Waals surface area contributed by atoms with Gasteiger partial charge in [-0.1, -0.05) is 53.0 Å². The SMILES string of the molecule is CC(O)(Cc1ccccc1Cl)c1cc(F)c(Cl)cc1Cl. The first-order valence-electron chi connectivity index (χ1n) is 5.92. The topological polar surface area (TPSA) is 20.2 Å². The van der Waals surface area contributed by atoms with Crippen LogP contribution in [-0.2, 0) is 12.0 Å². The molecular formula is C15H12Cl3FO. The van der Waals surface area contributed by atoms with Gasteiger partial charge in [0.05, 0.1) is 10.6 Å². The molecule has 5 heteroatoms. The Morgan fingerprint density at radius 3 is 2.35 bits per heavy atom. The van der Waals surface area contributed by atoms with Gasteiger partial charge in [-0.05, 0) is 30.7 Å². The highest BCUT2D eigenvalue weighted by molar-refractivity contribution is 6.35. The van der Waals surface area contributed by atoms with E-state index in [1.807, 2.05) is 6.07 Å². The molecule has 0 heterocycles. The predicted octanol–water partition coefficient (Wildman–Crippen LogP) is 5.24. The van der Waals surface area contributed by atoms with Crippen molar-refractivity contribution >= 4 is 34.8 Å². The van der Waals surface area contributed by atoms with Crippen LogP contribution in [0.4, 0.5) is 4.39 Å². The molecule has 1 atom stereocenters. The fourth-order valence-electron chi connectivity index (χ4n) is 2.04. The molecule has 2 aromatic rings. The van der Waals surface area contributed by atoms with Crippen LogP contribution in [0.5, 0.6) is 0 Å². The van der Waals surface area contributed by atoms with Gasteiger partial charge >= 0.3 is 0 Å². The van der Waals surface area contributed by atoms with Gasteiger partial charge in [-0.25, -0.2) is 4.39 Å². The third-order valence-electron chi connectivity index (χ3n) is 3.08. The second kappa shape index (κ2) is 5.90. The highest BCUT2D eigenvalue weighted by atomic mass is 35.5. The lowest BCUT2D eigenvalue weighted by atomic mass is 9.89. The summed E-state index contributed by atoms with van der Waals surface area (Å²) in [5.74, 6) is -0.620. The van der Waals surface area contributed by atoms with Gasteiger partial charge in [0.1, 0.15) is 5.82 Å². The van der Waals surface area contributed by atoms with Gasteiger partial charge < -0.3 is 5.11 Å². The van der Waals surface area contributed by atoms with E-state index in [-0.39, 0.29) is 22.0 Å². The summed E-state index contributed by atoms with van der Waals surface area (Å²) in [7, 11) is 0. The van der Waals surface area contributed by atoms with Crippen LogP contribution in [0.2, 0.25) is 15.1 Å². The highest BCUT2D eigenvalue weighted by Crippen LogP contribution is 2.35. The van der Waals surface area contributed by atoms with Crippen molar-refractivity contribution in [3.8, 4) is 0 Å². The molecule has 106 valence electrons. The van der Waals surface area contributed by atoms with Gasteiger partial charge in [-0.3, -0.25) is 0 Å². The zero-order valence-corrected chi connectivity index (χ0v) is 12.9. The molecule has 0 aromatic heterocycles. The van der Waals surface area contributed by atoms with Crippen molar-refractivity contribution in [2.75, 3.05) is 0 Å². The largest absolute Gasteiger partial charge is 0.385 e. The summed E-state index contributed by atoms with van der Waals surface area (Å²) < 4.78 is 13.6. The van der Waals surface area contributed by atoms with Crippen LogP contribution in [0.15, 0.2) is 36.4 Å². The molecule has 0 fully saturated rings. The first-order chi connectivity index (χ1) is 9.31. The van der Waals surface area contributed by atoms with Crippen LogP contribution in [0, 0.1) is 5.82 Å². The maximum absolute atomic E-state index is 13.6. The van der Waals surface area contributed by atoms with Crippen LogP contribution in [-0.4, -0.2) is 5.11 Å². The quantitative estimate of drug-likeness (QED) is 0.762. The number of aliphatic hydroxyl groups is 1. The van der Waals surface area contributed by atoms with Crippen LogP contribution in [0.1, 0.15) is 18.1 Å². The number of halogens is 4. The lowest BCUT2D eigenvalue weighted by Gasteiger charge is -2.26. The van der Waals surface area contributed by atoms with Crippen molar-refractivity contribution in [1.29, 1.82) is 0 Å². The summed E-state index contributed by atoms with van der Waals surface area (Å²) in [4.78, 5) is 0. The summed E-state index contributed by atoms with van der Waals surface area (Å²) in [6.45, 7) is 1.56. The summed E-state index contributed by atoms with van der Waals surface area (Å²) in [6.07, 6.45) is 0.216. The molecule has 1 nitrogen and oxygen atoms in total. The average molecular weight is 334 g/mol. The minimum absolute atomic E-state index is 0.0766. The van der Waals surface area contributed by atoms with Crippen molar-refractivity contribution in [2.24, 2.45) is 0 Å². The van der Waals surface area contributed by atoms with E-state index in [9.17, 15) is 9.50 Å². The molecule has 0 bridgehead atoms. The third-order valence-corrected chi connectivity index (χ3v) is 4.05. The Kier molecular flexibility index (Phi) is 4.60. The van der Waals surface area contributed by atoms with E-state index in [1.165, 1.54) is 6.07 Å². The molecule has 0 spiro atoms. The molecule has 1 unspecified atom stereocenters. The van der Waals surface area contributed by atoms with E-state index in [4.69, 9.17) is 34.8 Å². The van der Waals surface area contributed by atoms with Gasteiger partial charge in [-0.15, -0.1) is 0 Å². The zero-order valence-electron chi connectivity index (χ0n) is 10.6. The predicted molar refractivity (Wildman–Crippen MR) is 81.1 cm³/mol. The first kappa shape index (κ1) is 15.6. The Morgan fingerprint density at radius 1 is 1.05 bits per heavy atom. The molecule has 1 N–H and O–H groups in total. The van der Waals surface area contributed by atoms with E-state index in [2.05, 4.69) is 0 Å². The first-order valence-corrected chi connectivity index (χ1v) is 7.05. The second-order valence-electron chi connectivity index (χ2n) is 4.79. The van der Waals surface area contributed by atoms with E-state index in [1.54, 1.807) is 25.1 Å². The number of hydrogen-bond acceptors (Lipinski definition) is 1. The monoisotopic (exact) mass is 332 g/mol. The Morgan fingerprint density at radius 2 is 1.70 bits per heavy atom. The maximum Gasteiger partial charge on any atom is 0.142 e. The minimum atomic E-state index is -1.35. The molecule has 20 heavy (non-hydrogen) atoms. The van der Waals surface area contributed by atoms with E-state index in [0.29, 0.717) is 5.02 Å². The van der Waals surface area contributed by atoms with Gasteiger partial charge in [0.25, 0.3) is 0 Å².